The minimum atomic E-state index is 0.592. The third-order valence-corrected chi connectivity index (χ3v) is 6.07. The number of amidine groups is 1. The second-order valence-corrected chi connectivity index (χ2v) is 7.27. The van der Waals surface area contributed by atoms with Crippen molar-refractivity contribution < 1.29 is 0 Å². The van der Waals surface area contributed by atoms with Gasteiger partial charge in [-0.05, 0) is 43.9 Å². The summed E-state index contributed by atoms with van der Waals surface area (Å²) in [5.74, 6) is 1.58. The van der Waals surface area contributed by atoms with Crippen LogP contribution in [0.1, 0.15) is 77.0 Å². The maximum absolute atomic E-state index is 8.51. The second kappa shape index (κ2) is 5.85. The van der Waals surface area contributed by atoms with Crippen LogP contribution in [0.3, 0.4) is 0 Å². The van der Waals surface area contributed by atoms with Crippen LogP contribution in [0.5, 0.6) is 0 Å². The molecule has 2 aliphatic carbocycles. The van der Waals surface area contributed by atoms with Gasteiger partial charge in [0.15, 0.2) is 0 Å². The minimum Gasteiger partial charge on any atom is -0.360 e. The van der Waals surface area contributed by atoms with Crippen molar-refractivity contribution in [3.05, 3.63) is 0 Å². The average molecular weight is 262 g/mol. The van der Waals surface area contributed by atoms with Gasteiger partial charge in [-0.1, -0.05) is 38.5 Å². The molecule has 1 heterocycles. The van der Waals surface area contributed by atoms with Crippen LogP contribution in [0.25, 0.3) is 0 Å². The Hall–Kier alpha value is -0.530. The Morgan fingerprint density at radius 3 is 2.00 bits per heavy atom. The van der Waals surface area contributed by atoms with E-state index >= 15 is 0 Å². The Morgan fingerprint density at radius 1 is 0.789 bits per heavy atom. The van der Waals surface area contributed by atoms with Gasteiger partial charge in [0.1, 0.15) is 0 Å². The first kappa shape index (κ1) is 13.5. The van der Waals surface area contributed by atoms with Gasteiger partial charge in [0.25, 0.3) is 0 Å². The van der Waals surface area contributed by atoms with E-state index in [0.29, 0.717) is 11.3 Å². The van der Waals surface area contributed by atoms with Gasteiger partial charge in [-0.25, -0.2) is 0 Å². The molecule has 0 aromatic rings. The van der Waals surface area contributed by atoms with Crippen LogP contribution in [0.2, 0.25) is 0 Å². The molecule has 1 N–H and O–H groups in total. The topological polar surface area (TPSA) is 27.1 Å². The Morgan fingerprint density at radius 2 is 1.37 bits per heavy atom. The molecule has 3 fully saturated rings. The smallest absolute Gasteiger partial charge is 0.0989 e. The number of rotatable bonds is 1. The summed E-state index contributed by atoms with van der Waals surface area (Å²) in [5, 5.41) is 8.51. The molecule has 1 spiro atoms. The van der Waals surface area contributed by atoms with Crippen LogP contribution in [0, 0.1) is 16.7 Å². The summed E-state index contributed by atoms with van der Waals surface area (Å²) in [6, 6.07) is 0. The number of hydrogen-bond acceptors (Lipinski definition) is 1. The van der Waals surface area contributed by atoms with Gasteiger partial charge in [-0.2, -0.15) is 0 Å². The average Bonchev–Trinajstić information content (AvgIpc) is 2.49. The number of nitrogens with one attached hydrogen (secondary N) is 1. The predicted molar refractivity (Wildman–Crippen MR) is 80.6 cm³/mol. The van der Waals surface area contributed by atoms with Crippen molar-refractivity contribution in [2.75, 3.05) is 13.1 Å². The van der Waals surface area contributed by atoms with E-state index in [1.54, 1.807) is 0 Å². The molecule has 1 saturated heterocycles. The molecule has 19 heavy (non-hydrogen) atoms. The first-order valence-corrected chi connectivity index (χ1v) is 8.63. The standard InChI is InChI=1S/C17H30N2/c18-16(15-7-3-1-4-8-15)19-13-11-17(12-14-19)9-5-2-6-10-17/h15,18H,1-14H2. The fourth-order valence-corrected chi connectivity index (χ4v) is 4.66. The quantitative estimate of drug-likeness (QED) is 0.543. The molecule has 0 amide bonds. The van der Waals surface area contributed by atoms with E-state index < -0.39 is 0 Å². The lowest BCUT2D eigenvalue weighted by Crippen LogP contribution is -2.46. The lowest BCUT2D eigenvalue weighted by Gasteiger charge is -2.46. The highest BCUT2D eigenvalue weighted by Crippen LogP contribution is 2.44. The zero-order valence-corrected chi connectivity index (χ0v) is 12.4. The SMILES string of the molecule is N=C(C1CCCCC1)N1CCC2(CCCCC2)CC1. The molecule has 3 rings (SSSR count). The summed E-state index contributed by atoms with van der Waals surface area (Å²) >= 11 is 0. The van der Waals surface area contributed by atoms with Crippen molar-refractivity contribution in [1.29, 1.82) is 5.41 Å². The molecule has 0 bridgehead atoms. The summed E-state index contributed by atoms with van der Waals surface area (Å²) in [4.78, 5) is 2.43. The molecule has 2 saturated carbocycles. The molecule has 0 aromatic heterocycles. The minimum absolute atomic E-state index is 0.592. The third-order valence-electron chi connectivity index (χ3n) is 6.07. The first-order chi connectivity index (χ1) is 9.29. The molecule has 0 aromatic carbocycles. The molecule has 108 valence electrons. The van der Waals surface area contributed by atoms with Gasteiger partial charge in [0.2, 0.25) is 0 Å². The van der Waals surface area contributed by atoms with Crippen LogP contribution in [-0.2, 0) is 0 Å². The van der Waals surface area contributed by atoms with E-state index in [1.807, 2.05) is 0 Å². The van der Waals surface area contributed by atoms with E-state index in [0.717, 1.165) is 5.84 Å². The third kappa shape index (κ3) is 2.98. The van der Waals surface area contributed by atoms with Gasteiger partial charge < -0.3 is 4.90 Å². The molecule has 0 radical (unpaired) electrons. The lowest BCUT2D eigenvalue weighted by atomic mass is 9.68. The molecule has 2 nitrogen and oxygen atoms in total. The molecular weight excluding hydrogens is 232 g/mol. The summed E-state index contributed by atoms with van der Waals surface area (Å²) in [7, 11) is 0. The normalized spacial score (nSPS) is 28.5. The molecule has 3 aliphatic rings. The molecule has 0 unspecified atom stereocenters. The highest BCUT2D eigenvalue weighted by molar-refractivity contribution is 5.81. The van der Waals surface area contributed by atoms with E-state index in [2.05, 4.69) is 4.90 Å². The summed E-state index contributed by atoms with van der Waals surface area (Å²) in [6.45, 7) is 2.35. The highest BCUT2D eigenvalue weighted by Gasteiger charge is 2.36. The van der Waals surface area contributed by atoms with Crippen LogP contribution in [-0.4, -0.2) is 23.8 Å². The highest BCUT2D eigenvalue weighted by atomic mass is 15.2. The zero-order valence-electron chi connectivity index (χ0n) is 12.4. The largest absolute Gasteiger partial charge is 0.360 e. The van der Waals surface area contributed by atoms with Crippen molar-refractivity contribution in [3.8, 4) is 0 Å². The van der Waals surface area contributed by atoms with E-state index in [4.69, 9.17) is 5.41 Å². The van der Waals surface area contributed by atoms with Gasteiger partial charge >= 0.3 is 0 Å². The molecular formula is C17H30N2. The summed E-state index contributed by atoms with van der Waals surface area (Å²) in [5.41, 5.74) is 0.682. The molecule has 2 heteroatoms. The van der Waals surface area contributed by atoms with Crippen molar-refractivity contribution in [2.24, 2.45) is 11.3 Å². The number of likely N-dealkylation sites (tertiary alicyclic amines) is 1. The van der Waals surface area contributed by atoms with Crippen molar-refractivity contribution >= 4 is 5.84 Å². The Labute approximate surface area is 118 Å². The van der Waals surface area contributed by atoms with Crippen molar-refractivity contribution in [2.45, 2.75) is 77.0 Å². The van der Waals surface area contributed by atoms with Crippen LogP contribution < -0.4 is 0 Å². The lowest BCUT2D eigenvalue weighted by molar-refractivity contribution is 0.0945. The fourth-order valence-electron chi connectivity index (χ4n) is 4.66. The predicted octanol–water partition coefficient (Wildman–Crippen LogP) is 4.59. The van der Waals surface area contributed by atoms with E-state index in [1.165, 1.54) is 90.1 Å². The van der Waals surface area contributed by atoms with E-state index in [-0.39, 0.29) is 0 Å². The maximum atomic E-state index is 8.51. The van der Waals surface area contributed by atoms with E-state index in [9.17, 15) is 0 Å². The molecule has 0 atom stereocenters. The summed E-state index contributed by atoms with van der Waals surface area (Å²) in [6.07, 6.45) is 16.7. The summed E-state index contributed by atoms with van der Waals surface area (Å²) < 4.78 is 0. The Bertz CT molecular complexity index is 301. The number of piperidine rings is 1. The Kier molecular flexibility index (Phi) is 4.14. The van der Waals surface area contributed by atoms with Crippen LogP contribution in [0.15, 0.2) is 0 Å². The number of nitrogens with zero attached hydrogens (tertiary/aromatic N) is 1. The van der Waals surface area contributed by atoms with Gasteiger partial charge in [-0.15, -0.1) is 0 Å². The van der Waals surface area contributed by atoms with Gasteiger partial charge in [0.05, 0.1) is 5.84 Å². The Balaban J connectivity index is 1.52. The van der Waals surface area contributed by atoms with Crippen molar-refractivity contribution in [1.82, 2.24) is 4.90 Å². The second-order valence-electron chi connectivity index (χ2n) is 7.27. The van der Waals surface area contributed by atoms with Gasteiger partial charge in [-0.3, -0.25) is 5.41 Å². The van der Waals surface area contributed by atoms with Gasteiger partial charge in [0, 0.05) is 19.0 Å². The maximum Gasteiger partial charge on any atom is 0.0989 e. The molecule has 1 aliphatic heterocycles. The monoisotopic (exact) mass is 262 g/mol. The zero-order chi connectivity index (χ0) is 13.1. The number of hydrogen-bond donors (Lipinski definition) is 1. The van der Waals surface area contributed by atoms with Crippen LogP contribution in [0.4, 0.5) is 0 Å². The first-order valence-electron chi connectivity index (χ1n) is 8.63. The fraction of sp³-hybridized carbons (Fsp3) is 0.941. The van der Waals surface area contributed by atoms with Crippen LogP contribution >= 0.6 is 0 Å². The van der Waals surface area contributed by atoms with Crippen molar-refractivity contribution in [3.63, 3.8) is 0 Å².